The molecule has 4 aromatic rings. The number of methoxy groups -OCH3 is 1. The lowest BCUT2D eigenvalue weighted by molar-refractivity contribution is -0.123. The monoisotopic (exact) mass is 534 g/mol. The summed E-state index contributed by atoms with van der Waals surface area (Å²) in [5.41, 5.74) is 7.86. The van der Waals surface area contributed by atoms with Gasteiger partial charge in [0.1, 0.15) is 0 Å². The summed E-state index contributed by atoms with van der Waals surface area (Å²) in [6.07, 6.45) is 2.74. The van der Waals surface area contributed by atoms with Gasteiger partial charge in [-0.15, -0.1) is 5.10 Å². The van der Waals surface area contributed by atoms with E-state index in [-0.39, 0.29) is 23.6 Å². The summed E-state index contributed by atoms with van der Waals surface area (Å²) in [5.74, 6) is 1.83. The van der Waals surface area contributed by atoms with Crippen molar-refractivity contribution in [2.75, 3.05) is 24.8 Å². The summed E-state index contributed by atoms with van der Waals surface area (Å²) in [4.78, 5) is 21.0. The van der Waals surface area contributed by atoms with Crippen molar-refractivity contribution >= 4 is 41.0 Å². The maximum atomic E-state index is 12.0. The number of carbonyl (C=O) groups excluding carboxylic acids is 1. The van der Waals surface area contributed by atoms with Gasteiger partial charge in [-0.05, 0) is 56.3 Å². The molecule has 0 atom stereocenters. The molecule has 0 unspecified atom stereocenters. The van der Waals surface area contributed by atoms with Crippen LogP contribution in [0.3, 0.4) is 0 Å². The Morgan fingerprint density at radius 1 is 1.21 bits per heavy atom. The number of pyridine rings is 1. The number of nitrogens with one attached hydrogen (secondary N) is 3. The van der Waals surface area contributed by atoms with E-state index in [2.05, 4.69) is 25.7 Å². The molecular weight excluding hydrogens is 508 g/mol. The van der Waals surface area contributed by atoms with Crippen LogP contribution in [0.25, 0.3) is 17.2 Å². The highest BCUT2D eigenvalue weighted by Crippen LogP contribution is 2.34. The molecule has 0 aliphatic heterocycles. The topological polar surface area (TPSA) is 153 Å². The van der Waals surface area contributed by atoms with Crippen LogP contribution in [0.2, 0.25) is 5.02 Å². The molecule has 0 bridgehead atoms. The van der Waals surface area contributed by atoms with Crippen molar-refractivity contribution in [1.29, 1.82) is 5.41 Å². The highest BCUT2D eigenvalue weighted by Gasteiger charge is 2.18. The normalized spacial score (nSPS) is 10.8. The van der Waals surface area contributed by atoms with E-state index in [1.165, 1.54) is 7.11 Å². The number of benzene rings is 2. The largest absolute Gasteiger partial charge is 0.493 e. The number of halogens is 1. The number of ether oxygens (including phenoxy) is 2. The van der Waals surface area contributed by atoms with Gasteiger partial charge in [0, 0.05) is 35.3 Å². The number of aromatic nitrogens is 4. The van der Waals surface area contributed by atoms with Crippen LogP contribution in [0.5, 0.6) is 11.5 Å². The first-order valence-corrected chi connectivity index (χ1v) is 12.0. The second-order valence-electron chi connectivity index (χ2n) is 8.43. The molecule has 0 radical (unpaired) electrons. The predicted molar refractivity (Wildman–Crippen MR) is 147 cm³/mol. The van der Waals surface area contributed by atoms with Crippen molar-refractivity contribution < 1.29 is 14.3 Å². The minimum Gasteiger partial charge on any atom is -0.493 e. The van der Waals surface area contributed by atoms with Crippen molar-refractivity contribution in [2.45, 2.75) is 19.9 Å². The van der Waals surface area contributed by atoms with Crippen LogP contribution in [0.15, 0.2) is 54.7 Å². The fourth-order valence-corrected chi connectivity index (χ4v) is 3.83. The van der Waals surface area contributed by atoms with Crippen LogP contribution in [-0.2, 0) is 4.79 Å². The minimum atomic E-state index is -0.231. The zero-order valence-electron chi connectivity index (χ0n) is 21.0. The molecule has 11 nitrogen and oxygen atoms in total. The van der Waals surface area contributed by atoms with Gasteiger partial charge in [-0.25, -0.2) is 4.98 Å². The third kappa shape index (κ3) is 5.84. The maximum Gasteiger partial charge on any atom is 0.258 e. The molecule has 12 heteroatoms. The van der Waals surface area contributed by atoms with E-state index in [1.54, 1.807) is 53.3 Å². The Labute approximate surface area is 224 Å². The summed E-state index contributed by atoms with van der Waals surface area (Å²) in [5, 5.41) is 18.5. The second-order valence-corrected chi connectivity index (χ2v) is 8.81. The summed E-state index contributed by atoms with van der Waals surface area (Å²) in [7, 11) is 1.51. The molecule has 5 N–H and O–H groups in total. The second kappa shape index (κ2) is 11.6. The van der Waals surface area contributed by atoms with Gasteiger partial charge in [-0.2, -0.15) is 9.67 Å². The predicted octanol–water partition coefficient (Wildman–Crippen LogP) is 4.22. The van der Waals surface area contributed by atoms with Gasteiger partial charge in [0.25, 0.3) is 5.91 Å². The van der Waals surface area contributed by atoms with Crippen LogP contribution in [-0.4, -0.2) is 51.6 Å². The lowest BCUT2D eigenvalue weighted by atomic mass is 10.1. The number of rotatable bonds is 10. The third-order valence-corrected chi connectivity index (χ3v) is 5.72. The van der Waals surface area contributed by atoms with E-state index in [0.717, 1.165) is 6.21 Å². The molecule has 0 fully saturated rings. The smallest absolute Gasteiger partial charge is 0.258 e. The highest BCUT2D eigenvalue weighted by atomic mass is 35.5. The first-order valence-electron chi connectivity index (χ1n) is 11.6. The molecule has 0 saturated carbocycles. The number of nitrogens with two attached hydrogens (primary N) is 1. The fourth-order valence-electron chi connectivity index (χ4n) is 3.56. The quantitative estimate of drug-likeness (QED) is 0.174. The zero-order valence-corrected chi connectivity index (χ0v) is 21.8. The van der Waals surface area contributed by atoms with E-state index in [4.69, 9.17) is 32.2 Å². The van der Waals surface area contributed by atoms with Crippen LogP contribution < -0.4 is 25.8 Å². The summed E-state index contributed by atoms with van der Waals surface area (Å²) >= 11 is 6.50. The van der Waals surface area contributed by atoms with Crippen LogP contribution in [0, 0.1) is 5.41 Å². The lowest BCUT2D eigenvalue weighted by Gasteiger charge is -2.12. The SMILES string of the molecule is COc1cc(-c2nc(Nc3ccc(N)c(C=N)c3Cl)n(-c3ccccn3)n2)ccc1OCC(=O)NC(C)C. The van der Waals surface area contributed by atoms with Gasteiger partial charge in [0.15, 0.2) is 29.7 Å². The van der Waals surface area contributed by atoms with Crippen molar-refractivity contribution in [1.82, 2.24) is 25.1 Å². The number of amides is 1. The molecule has 0 saturated heterocycles. The van der Waals surface area contributed by atoms with Gasteiger partial charge < -0.3 is 31.3 Å². The van der Waals surface area contributed by atoms with Crippen molar-refractivity contribution in [2.24, 2.45) is 0 Å². The van der Waals surface area contributed by atoms with Gasteiger partial charge in [-0.3, -0.25) is 4.79 Å². The van der Waals surface area contributed by atoms with Crippen LogP contribution in [0.1, 0.15) is 19.4 Å². The minimum absolute atomic E-state index is 0.0123. The molecule has 0 spiro atoms. The molecule has 0 aliphatic rings. The van der Waals surface area contributed by atoms with E-state index in [0.29, 0.717) is 51.6 Å². The number of carbonyl (C=O) groups is 1. The van der Waals surface area contributed by atoms with Crippen molar-refractivity contribution in [3.63, 3.8) is 0 Å². The molecule has 2 heterocycles. The van der Waals surface area contributed by atoms with Gasteiger partial charge in [-0.1, -0.05) is 17.7 Å². The summed E-state index contributed by atoms with van der Waals surface area (Å²) in [6, 6.07) is 14.0. The number of hydrogen-bond acceptors (Lipinski definition) is 9. The van der Waals surface area contributed by atoms with Crippen LogP contribution >= 0.6 is 11.6 Å². The highest BCUT2D eigenvalue weighted by molar-refractivity contribution is 6.36. The molecule has 2 aromatic heterocycles. The summed E-state index contributed by atoms with van der Waals surface area (Å²) < 4.78 is 12.7. The molecule has 196 valence electrons. The molecule has 4 rings (SSSR count). The Morgan fingerprint density at radius 3 is 2.71 bits per heavy atom. The molecule has 1 amide bonds. The summed E-state index contributed by atoms with van der Waals surface area (Å²) in [6.45, 7) is 3.61. The van der Waals surface area contributed by atoms with E-state index in [1.807, 2.05) is 19.9 Å². The zero-order chi connectivity index (χ0) is 27.2. The molecule has 2 aromatic carbocycles. The van der Waals surface area contributed by atoms with Crippen LogP contribution in [0.4, 0.5) is 17.3 Å². The molecule has 0 aliphatic carbocycles. The Balaban J connectivity index is 1.69. The Kier molecular flexibility index (Phi) is 8.07. The average molecular weight is 535 g/mol. The standard InChI is InChI=1S/C26H27ClN8O3/c1-15(2)31-23(36)14-38-20-10-7-16(12-21(20)37-3)25-33-26(35(34-25)22-6-4-5-11-30-22)32-19-9-8-18(29)17(13-28)24(19)27/h4-13,15,28H,14,29H2,1-3H3,(H,31,36)(H,32,33,34). The van der Waals surface area contributed by atoms with E-state index >= 15 is 0 Å². The molecular formula is C26H27ClN8O3. The fraction of sp³-hybridized carbons (Fsp3) is 0.192. The first kappa shape index (κ1) is 26.4. The van der Waals surface area contributed by atoms with Crippen molar-refractivity contribution in [3.05, 3.63) is 65.3 Å². The maximum absolute atomic E-state index is 12.0. The number of hydrogen-bond donors (Lipinski definition) is 4. The Bertz CT molecular complexity index is 1460. The molecule has 38 heavy (non-hydrogen) atoms. The number of nitrogens with zero attached hydrogens (tertiary/aromatic N) is 4. The Morgan fingerprint density at radius 2 is 2.03 bits per heavy atom. The number of anilines is 3. The first-order chi connectivity index (χ1) is 18.3. The Hall–Kier alpha value is -4.64. The van der Waals surface area contributed by atoms with Gasteiger partial charge in [0.05, 0.1) is 17.8 Å². The third-order valence-electron chi connectivity index (χ3n) is 5.31. The van der Waals surface area contributed by atoms with Crippen molar-refractivity contribution in [3.8, 4) is 28.7 Å². The van der Waals surface area contributed by atoms with Gasteiger partial charge in [0.2, 0.25) is 5.95 Å². The van der Waals surface area contributed by atoms with Gasteiger partial charge >= 0.3 is 0 Å². The van der Waals surface area contributed by atoms with E-state index in [9.17, 15) is 4.79 Å². The number of nitrogen functional groups attached to an aromatic ring is 1. The van der Waals surface area contributed by atoms with E-state index < -0.39 is 0 Å². The lowest BCUT2D eigenvalue weighted by Crippen LogP contribution is -2.34. The average Bonchev–Trinajstić information content (AvgIpc) is 3.33.